The Kier molecular flexibility index (Phi) is 6.02. The highest BCUT2D eigenvalue weighted by atomic mass is 16.5. The van der Waals surface area contributed by atoms with E-state index >= 15 is 0 Å². The average molecular weight is 332 g/mol. The van der Waals surface area contributed by atoms with E-state index in [1.165, 1.54) is 0 Å². The molecule has 0 saturated carbocycles. The van der Waals surface area contributed by atoms with Gasteiger partial charge in [-0.3, -0.25) is 4.79 Å². The Morgan fingerprint density at radius 1 is 1.42 bits per heavy atom. The third-order valence-corrected chi connectivity index (χ3v) is 3.90. The minimum Gasteiger partial charge on any atom is -0.490 e. The second-order valence-electron chi connectivity index (χ2n) is 7.14. The standard InChI is InChI=1S/C19H28N2O3/c1-5-11-21-16-7-6-8-17(15(16)9-10-18(21)23)24-13-14(22)12-20-19(2,3)4/h5-8,14,20,22H,1,9-13H2,2-4H3. The minimum absolute atomic E-state index is 0.0432. The molecule has 2 rings (SSSR count). The summed E-state index contributed by atoms with van der Waals surface area (Å²) in [4.78, 5) is 13.8. The molecule has 132 valence electrons. The molecule has 0 radical (unpaired) electrons. The first-order valence-corrected chi connectivity index (χ1v) is 8.41. The van der Waals surface area contributed by atoms with Crippen molar-refractivity contribution in [3.05, 3.63) is 36.4 Å². The number of β-amino-alcohol motifs (C(OH)–C–C–N with tert-alkyl or cyclic N) is 1. The van der Waals surface area contributed by atoms with E-state index in [1.54, 1.807) is 11.0 Å². The Morgan fingerprint density at radius 3 is 2.83 bits per heavy atom. The molecule has 0 saturated heterocycles. The summed E-state index contributed by atoms with van der Waals surface area (Å²) in [6, 6.07) is 5.70. The van der Waals surface area contributed by atoms with Gasteiger partial charge >= 0.3 is 0 Å². The lowest BCUT2D eigenvalue weighted by atomic mass is 10.00. The number of hydrogen-bond acceptors (Lipinski definition) is 4. The van der Waals surface area contributed by atoms with Crippen molar-refractivity contribution >= 4 is 11.6 Å². The van der Waals surface area contributed by atoms with Gasteiger partial charge in [0.05, 0.1) is 5.69 Å². The van der Waals surface area contributed by atoms with Crippen LogP contribution in [0.3, 0.4) is 0 Å². The molecule has 1 unspecified atom stereocenters. The molecular formula is C19H28N2O3. The van der Waals surface area contributed by atoms with Gasteiger partial charge in [0.1, 0.15) is 18.5 Å². The number of carbonyl (C=O) groups excluding carboxylic acids is 1. The van der Waals surface area contributed by atoms with Crippen LogP contribution < -0.4 is 15.0 Å². The topological polar surface area (TPSA) is 61.8 Å². The van der Waals surface area contributed by atoms with Gasteiger partial charge in [0.15, 0.2) is 0 Å². The molecule has 2 N–H and O–H groups in total. The quantitative estimate of drug-likeness (QED) is 0.752. The van der Waals surface area contributed by atoms with Crippen molar-refractivity contribution in [2.45, 2.75) is 45.3 Å². The molecule has 0 aliphatic carbocycles. The number of amides is 1. The van der Waals surface area contributed by atoms with E-state index in [2.05, 4.69) is 32.7 Å². The fraction of sp³-hybridized carbons (Fsp3) is 0.526. The zero-order valence-electron chi connectivity index (χ0n) is 14.8. The van der Waals surface area contributed by atoms with Crippen molar-refractivity contribution in [3.8, 4) is 5.75 Å². The number of fused-ring (bicyclic) bond motifs is 1. The number of nitrogens with zero attached hydrogens (tertiary/aromatic N) is 1. The predicted molar refractivity (Wildman–Crippen MR) is 96.6 cm³/mol. The lowest BCUT2D eigenvalue weighted by molar-refractivity contribution is -0.118. The van der Waals surface area contributed by atoms with Crippen LogP contribution in [0.15, 0.2) is 30.9 Å². The summed E-state index contributed by atoms with van der Waals surface area (Å²) in [5.74, 6) is 0.845. The van der Waals surface area contributed by atoms with Crippen molar-refractivity contribution in [3.63, 3.8) is 0 Å². The van der Waals surface area contributed by atoms with Gasteiger partial charge in [-0.05, 0) is 39.3 Å². The van der Waals surface area contributed by atoms with Gasteiger partial charge in [-0.2, -0.15) is 0 Å². The molecule has 1 aromatic carbocycles. The smallest absolute Gasteiger partial charge is 0.227 e. The lowest BCUT2D eigenvalue weighted by Gasteiger charge is -2.30. The molecule has 0 bridgehead atoms. The molecule has 1 heterocycles. The van der Waals surface area contributed by atoms with Gasteiger partial charge in [0.2, 0.25) is 5.91 Å². The van der Waals surface area contributed by atoms with E-state index < -0.39 is 6.10 Å². The van der Waals surface area contributed by atoms with Crippen LogP contribution in [0, 0.1) is 0 Å². The lowest BCUT2D eigenvalue weighted by Crippen LogP contribution is -2.42. The second-order valence-corrected chi connectivity index (χ2v) is 7.14. The SMILES string of the molecule is C=CCN1C(=O)CCc2c(OCC(O)CNC(C)(C)C)cccc21. The third-order valence-electron chi connectivity index (χ3n) is 3.90. The monoisotopic (exact) mass is 332 g/mol. The highest BCUT2D eigenvalue weighted by Crippen LogP contribution is 2.34. The number of anilines is 1. The highest BCUT2D eigenvalue weighted by Gasteiger charge is 2.25. The van der Waals surface area contributed by atoms with Crippen molar-refractivity contribution in [1.82, 2.24) is 5.32 Å². The van der Waals surface area contributed by atoms with Gasteiger partial charge in [-0.15, -0.1) is 6.58 Å². The van der Waals surface area contributed by atoms with Crippen molar-refractivity contribution < 1.29 is 14.6 Å². The van der Waals surface area contributed by atoms with Gasteiger partial charge in [-0.25, -0.2) is 0 Å². The van der Waals surface area contributed by atoms with Crippen LogP contribution in [0.2, 0.25) is 0 Å². The van der Waals surface area contributed by atoms with Crippen LogP contribution in [0.5, 0.6) is 5.75 Å². The van der Waals surface area contributed by atoms with E-state index in [1.807, 2.05) is 18.2 Å². The zero-order valence-corrected chi connectivity index (χ0v) is 14.8. The number of benzene rings is 1. The number of aliphatic hydroxyl groups excluding tert-OH is 1. The van der Waals surface area contributed by atoms with E-state index in [0.29, 0.717) is 25.9 Å². The third kappa shape index (κ3) is 4.82. The molecule has 0 fully saturated rings. The van der Waals surface area contributed by atoms with Crippen LogP contribution in [0.25, 0.3) is 0 Å². The first-order chi connectivity index (χ1) is 11.3. The molecule has 24 heavy (non-hydrogen) atoms. The maximum absolute atomic E-state index is 12.1. The Morgan fingerprint density at radius 2 is 2.17 bits per heavy atom. The molecule has 5 heteroatoms. The molecule has 1 amide bonds. The number of aliphatic hydroxyl groups is 1. The first-order valence-electron chi connectivity index (χ1n) is 8.41. The first kappa shape index (κ1) is 18.5. The largest absolute Gasteiger partial charge is 0.490 e. The number of nitrogens with one attached hydrogen (secondary N) is 1. The molecular weight excluding hydrogens is 304 g/mol. The molecule has 1 aliphatic rings. The van der Waals surface area contributed by atoms with Gasteiger partial charge < -0.3 is 20.1 Å². The molecule has 5 nitrogen and oxygen atoms in total. The van der Waals surface area contributed by atoms with Crippen LogP contribution >= 0.6 is 0 Å². The summed E-state index contributed by atoms with van der Waals surface area (Å²) in [7, 11) is 0. The number of ether oxygens (including phenoxy) is 1. The summed E-state index contributed by atoms with van der Waals surface area (Å²) in [6.45, 7) is 11.1. The molecule has 0 aromatic heterocycles. The van der Waals surface area contributed by atoms with Crippen molar-refractivity contribution in [1.29, 1.82) is 0 Å². The van der Waals surface area contributed by atoms with Crippen molar-refractivity contribution in [2.24, 2.45) is 0 Å². The fourth-order valence-corrected chi connectivity index (χ4v) is 2.69. The predicted octanol–water partition coefficient (Wildman–Crippen LogP) is 2.28. The summed E-state index contributed by atoms with van der Waals surface area (Å²) in [5.41, 5.74) is 1.86. The average Bonchev–Trinajstić information content (AvgIpc) is 2.53. The van der Waals surface area contributed by atoms with Gasteiger partial charge in [0.25, 0.3) is 0 Å². The maximum Gasteiger partial charge on any atom is 0.227 e. The van der Waals surface area contributed by atoms with E-state index in [0.717, 1.165) is 17.0 Å². The van der Waals surface area contributed by atoms with E-state index in [-0.39, 0.29) is 18.1 Å². The molecule has 0 spiro atoms. The maximum atomic E-state index is 12.1. The van der Waals surface area contributed by atoms with Crippen LogP contribution in [0.1, 0.15) is 32.8 Å². The Hall–Kier alpha value is -1.85. The summed E-state index contributed by atoms with van der Waals surface area (Å²) in [6.07, 6.45) is 2.26. The Bertz CT molecular complexity index is 593. The summed E-state index contributed by atoms with van der Waals surface area (Å²) < 4.78 is 5.84. The molecule has 1 aromatic rings. The van der Waals surface area contributed by atoms with Crippen molar-refractivity contribution in [2.75, 3.05) is 24.6 Å². The Labute approximate surface area is 144 Å². The highest BCUT2D eigenvalue weighted by molar-refractivity contribution is 5.97. The number of hydrogen-bond donors (Lipinski definition) is 2. The van der Waals surface area contributed by atoms with Gasteiger partial charge in [-0.1, -0.05) is 12.1 Å². The Balaban J connectivity index is 2.05. The number of carbonyl (C=O) groups is 1. The normalized spacial score (nSPS) is 15.8. The second kappa shape index (κ2) is 7.81. The van der Waals surface area contributed by atoms with Gasteiger partial charge in [0, 0.05) is 30.6 Å². The van der Waals surface area contributed by atoms with E-state index in [4.69, 9.17) is 4.74 Å². The molecule has 1 aliphatic heterocycles. The van der Waals surface area contributed by atoms with Crippen LogP contribution in [-0.4, -0.2) is 42.4 Å². The summed E-state index contributed by atoms with van der Waals surface area (Å²) >= 11 is 0. The van der Waals surface area contributed by atoms with Crippen LogP contribution in [-0.2, 0) is 11.2 Å². The summed E-state index contributed by atoms with van der Waals surface area (Å²) in [5, 5.41) is 13.3. The zero-order chi connectivity index (χ0) is 17.7. The molecule has 1 atom stereocenters. The minimum atomic E-state index is -0.588. The fourth-order valence-electron chi connectivity index (χ4n) is 2.69. The van der Waals surface area contributed by atoms with Crippen LogP contribution in [0.4, 0.5) is 5.69 Å². The number of rotatable bonds is 7. The van der Waals surface area contributed by atoms with E-state index in [9.17, 15) is 9.90 Å².